The van der Waals surface area contributed by atoms with Gasteiger partial charge in [-0.1, -0.05) is 17.3 Å². The summed E-state index contributed by atoms with van der Waals surface area (Å²) in [6.07, 6.45) is 0. The third-order valence-electron chi connectivity index (χ3n) is 4.37. The lowest BCUT2D eigenvalue weighted by atomic mass is 10.1. The molecule has 4 N–H and O–H groups in total. The van der Waals surface area contributed by atoms with Crippen LogP contribution in [0.25, 0.3) is 0 Å². The first-order chi connectivity index (χ1) is 16.3. The number of amides is 1. The van der Waals surface area contributed by atoms with Crippen LogP contribution in [0.4, 0.5) is 5.69 Å². The number of carbonyl (C=O) groups is 2. The number of nitro groups is 1. The van der Waals surface area contributed by atoms with Gasteiger partial charge in [0.15, 0.2) is 12.4 Å². The largest absolute Gasteiger partial charge is 0.489 e. The average molecular weight is 464 g/mol. The molecule has 0 aliphatic carbocycles. The summed E-state index contributed by atoms with van der Waals surface area (Å²) in [5.74, 6) is -0.491. The Labute approximate surface area is 193 Å². The van der Waals surface area contributed by atoms with Crippen molar-refractivity contribution in [3.05, 3.63) is 99.6 Å². The van der Waals surface area contributed by atoms with Crippen LogP contribution in [0.5, 0.6) is 11.5 Å². The fourth-order valence-corrected chi connectivity index (χ4v) is 2.69. The molecule has 0 aliphatic heterocycles. The number of hydrogen-bond acceptors (Lipinski definition) is 8. The number of amidine groups is 1. The van der Waals surface area contributed by atoms with E-state index in [1.54, 1.807) is 48.5 Å². The number of hydrogen-bond donors (Lipinski definition) is 2. The lowest BCUT2D eigenvalue weighted by molar-refractivity contribution is -0.384. The van der Waals surface area contributed by atoms with E-state index in [4.69, 9.17) is 25.8 Å². The summed E-state index contributed by atoms with van der Waals surface area (Å²) in [6, 6.07) is 18.5. The number of primary amides is 1. The average Bonchev–Trinajstić information content (AvgIpc) is 2.85. The number of non-ortho nitro benzene ring substituents is 1. The molecule has 0 saturated carbocycles. The van der Waals surface area contributed by atoms with E-state index >= 15 is 0 Å². The number of rotatable bonds is 10. The van der Waals surface area contributed by atoms with Crippen molar-refractivity contribution in [2.75, 3.05) is 6.61 Å². The van der Waals surface area contributed by atoms with Crippen molar-refractivity contribution < 1.29 is 28.8 Å². The molecule has 3 aromatic rings. The van der Waals surface area contributed by atoms with E-state index < -0.39 is 16.8 Å². The molecule has 0 unspecified atom stereocenters. The number of nitro benzene ring substituents is 1. The molecule has 174 valence electrons. The van der Waals surface area contributed by atoms with E-state index in [0.29, 0.717) is 22.6 Å². The van der Waals surface area contributed by atoms with Crippen LogP contribution in [-0.4, -0.2) is 29.2 Å². The van der Waals surface area contributed by atoms with E-state index in [9.17, 15) is 19.7 Å². The zero-order valence-corrected chi connectivity index (χ0v) is 17.7. The van der Waals surface area contributed by atoms with Gasteiger partial charge in [0.05, 0.1) is 10.5 Å². The van der Waals surface area contributed by atoms with E-state index in [1.165, 1.54) is 24.3 Å². The molecule has 0 fully saturated rings. The molecule has 1 amide bonds. The van der Waals surface area contributed by atoms with Gasteiger partial charge in [0.2, 0.25) is 0 Å². The number of benzene rings is 3. The van der Waals surface area contributed by atoms with Crippen molar-refractivity contribution in [3.8, 4) is 11.5 Å². The van der Waals surface area contributed by atoms with Gasteiger partial charge in [0.25, 0.3) is 11.6 Å². The minimum Gasteiger partial charge on any atom is -0.489 e. The van der Waals surface area contributed by atoms with Crippen molar-refractivity contribution >= 4 is 23.4 Å². The summed E-state index contributed by atoms with van der Waals surface area (Å²) in [7, 11) is 0. The summed E-state index contributed by atoms with van der Waals surface area (Å²) in [5.41, 5.74) is 12.2. The third-order valence-corrected chi connectivity index (χ3v) is 4.37. The third kappa shape index (κ3) is 6.79. The fourth-order valence-electron chi connectivity index (χ4n) is 2.69. The Balaban J connectivity index is 1.57. The molecule has 0 spiro atoms. The summed E-state index contributed by atoms with van der Waals surface area (Å²) in [4.78, 5) is 38.3. The fraction of sp³-hybridized carbons (Fsp3) is 0.0870. The maximum Gasteiger partial charge on any atom is 0.365 e. The van der Waals surface area contributed by atoms with Crippen LogP contribution < -0.4 is 20.9 Å². The second-order valence-corrected chi connectivity index (χ2v) is 6.87. The molecule has 11 nitrogen and oxygen atoms in total. The number of oxime groups is 1. The number of ether oxygens (including phenoxy) is 2. The van der Waals surface area contributed by atoms with Crippen molar-refractivity contribution in [2.45, 2.75) is 6.61 Å². The lowest BCUT2D eigenvalue weighted by Gasteiger charge is -2.07. The molecule has 3 rings (SSSR count). The van der Waals surface area contributed by atoms with Gasteiger partial charge >= 0.3 is 5.97 Å². The second kappa shape index (κ2) is 11.1. The van der Waals surface area contributed by atoms with Crippen molar-refractivity contribution in [1.82, 2.24) is 0 Å². The Morgan fingerprint density at radius 2 is 1.53 bits per heavy atom. The Kier molecular flexibility index (Phi) is 7.74. The molecule has 0 saturated heterocycles. The second-order valence-electron chi connectivity index (χ2n) is 6.87. The summed E-state index contributed by atoms with van der Waals surface area (Å²) in [5, 5.41) is 14.4. The van der Waals surface area contributed by atoms with Crippen molar-refractivity contribution in [1.29, 1.82) is 0 Å². The predicted molar refractivity (Wildman–Crippen MR) is 121 cm³/mol. The van der Waals surface area contributed by atoms with Gasteiger partial charge in [0, 0.05) is 17.7 Å². The highest BCUT2D eigenvalue weighted by molar-refractivity contribution is 5.98. The molecular formula is C23H20N4O7. The minimum absolute atomic E-state index is 0.0348. The van der Waals surface area contributed by atoms with Gasteiger partial charge < -0.3 is 25.8 Å². The van der Waals surface area contributed by atoms with E-state index in [2.05, 4.69) is 5.16 Å². The van der Waals surface area contributed by atoms with Gasteiger partial charge in [-0.2, -0.15) is 0 Å². The summed E-state index contributed by atoms with van der Waals surface area (Å²) < 4.78 is 10.8. The number of nitrogens with zero attached hydrogens (tertiary/aromatic N) is 2. The normalized spacial score (nSPS) is 10.9. The first-order valence-corrected chi connectivity index (χ1v) is 9.84. The zero-order chi connectivity index (χ0) is 24.5. The molecule has 0 aliphatic rings. The van der Waals surface area contributed by atoms with Crippen LogP contribution in [0, 0.1) is 10.1 Å². The van der Waals surface area contributed by atoms with Gasteiger partial charge in [0.1, 0.15) is 18.1 Å². The van der Waals surface area contributed by atoms with Crippen LogP contribution in [0.2, 0.25) is 0 Å². The molecule has 0 bridgehead atoms. The first kappa shape index (κ1) is 23.7. The van der Waals surface area contributed by atoms with Gasteiger partial charge in [-0.3, -0.25) is 14.9 Å². The molecule has 11 heteroatoms. The lowest BCUT2D eigenvalue weighted by Crippen LogP contribution is -2.20. The van der Waals surface area contributed by atoms with Crippen LogP contribution in [0.1, 0.15) is 21.5 Å². The monoisotopic (exact) mass is 464 g/mol. The summed E-state index contributed by atoms with van der Waals surface area (Å²) in [6.45, 7) is -0.118. The Morgan fingerprint density at radius 3 is 2.18 bits per heavy atom. The van der Waals surface area contributed by atoms with Crippen LogP contribution in [0.15, 0.2) is 78.0 Å². The maximum atomic E-state index is 12.4. The highest BCUT2D eigenvalue weighted by Crippen LogP contribution is 2.19. The zero-order valence-electron chi connectivity index (χ0n) is 17.7. The van der Waals surface area contributed by atoms with Gasteiger partial charge in [-0.05, 0) is 54.1 Å². The molecule has 3 aromatic carbocycles. The molecule has 0 radical (unpaired) electrons. The first-order valence-electron chi connectivity index (χ1n) is 9.84. The topological polar surface area (TPSA) is 169 Å². The molecule has 0 aromatic heterocycles. The van der Waals surface area contributed by atoms with Crippen molar-refractivity contribution in [3.63, 3.8) is 0 Å². The Hall–Kier alpha value is -4.93. The Bertz CT molecular complexity index is 1210. The van der Waals surface area contributed by atoms with Crippen molar-refractivity contribution in [2.24, 2.45) is 16.6 Å². The van der Waals surface area contributed by atoms with Gasteiger partial charge in [-0.25, -0.2) is 4.79 Å². The van der Waals surface area contributed by atoms with Gasteiger partial charge in [-0.15, -0.1) is 0 Å². The smallest absolute Gasteiger partial charge is 0.365 e. The SMILES string of the molecule is NC(=O)COc1ccc(/C(N)=N/OC(=O)c2cccc(COc3ccc([N+](=O)[O-])cc3)c2)cc1. The standard InChI is InChI=1S/C23H20N4O7/c24-21(28)14-33-19-8-4-16(5-9-19)22(25)26-34-23(29)17-3-1-2-15(12-17)13-32-20-10-6-18(7-11-20)27(30)31/h1-12H,13-14H2,(H2,24,28)(H2,25,26). The molecule has 0 atom stereocenters. The van der Waals surface area contributed by atoms with E-state index in [0.717, 1.165) is 0 Å². The highest BCUT2D eigenvalue weighted by atomic mass is 16.7. The van der Waals surface area contributed by atoms with E-state index in [1.807, 2.05) is 0 Å². The Morgan fingerprint density at radius 1 is 0.882 bits per heavy atom. The van der Waals surface area contributed by atoms with Crippen LogP contribution in [0.3, 0.4) is 0 Å². The number of nitrogens with two attached hydrogens (primary N) is 2. The van der Waals surface area contributed by atoms with Crippen LogP contribution in [-0.2, 0) is 16.2 Å². The maximum absolute atomic E-state index is 12.4. The van der Waals surface area contributed by atoms with E-state index in [-0.39, 0.29) is 30.3 Å². The number of carbonyl (C=O) groups excluding carboxylic acids is 2. The quantitative estimate of drug-likeness (QED) is 0.152. The molecular weight excluding hydrogens is 444 g/mol. The minimum atomic E-state index is -0.721. The predicted octanol–water partition coefficient (Wildman–Crippen LogP) is 2.52. The highest BCUT2D eigenvalue weighted by Gasteiger charge is 2.10. The molecule has 34 heavy (non-hydrogen) atoms. The molecule has 0 heterocycles. The van der Waals surface area contributed by atoms with Crippen LogP contribution >= 0.6 is 0 Å². The summed E-state index contributed by atoms with van der Waals surface area (Å²) >= 11 is 0.